The zero-order valence-corrected chi connectivity index (χ0v) is 14.9. The molecule has 26 heavy (non-hydrogen) atoms. The molecule has 1 amide bonds. The Labute approximate surface area is 153 Å². The number of hydrogen-bond acceptors (Lipinski definition) is 5. The lowest BCUT2D eigenvalue weighted by molar-refractivity contribution is -0.153. The Balaban J connectivity index is 1.69. The Bertz CT molecular complexity index is 700. The van der Waals surface area contributed by atoms with Crippen molar-refractivity contribution in [1.29, 1.82) is 0 Å². The van der Waals surface area contributed by atoms with Crippen molar-refractivity contribution in [2.24, 2.45) is 0 Å². The summed E-state index contributed by atoms with van der Waals surface area (Å²) in [6, 6.07) is 16.1. The molecule has 0 heterocycles. The fourth-order valence-corrected chi connectivity index (χ4v) is 2.13. The average Bonchev–Trinajstić information content (AvgIpc) is 2.64. The Morgan fingerprint density at radius 2 is 1.58 bits per heavy atom. The molecule has 0 fully saturated rings. The maximum Gasteiger partial charge on any atom is 0.310 e. The third kappa shape index (κ3) is 6.47. The minimum absolute atomic E-state index is 0.0518. The van der Waals surface area contributed by atoms with Crippen molar-refractivity contribution in [3.05, 3.63) is 54.6 Å². The van der Waals surface area contributed by atoms with E-state index in [1.165, 1.54) is 6.92 Å². The number of carbonyl (C=O) groups is 2. The molecular weight excluding hydrogens is 334 g/mol. The van der Waals surface area contributed by atoms with Crippen molar-refractivity contribution in [3.8, 4) is 11.5 Å². The Morgan fingerprint density at radius 1 is 0.962 bits per heavy atom. The summed E-state index contributed by atoms with van der Waals surface area (Å²) in [5.41, 5.74) is 0.652. The molecule has 0 bridgehead atoms. The number of benzene rings is 2. The molecule has 0 radical (unpaired) electrons. The van der Waals surface area contributed by atoms with Crippen LogP contribution < -0.4 is 14.8 Å². The molecule has 0 aliphatic carbocycles. The lowest BCUT2D eigenvalue weighted by Crippen LogP contribution is -2.30. The van der Waals surface area contributed by atoms with Crippen molar-refractivity contribution >= 4 is 17.6 Å². The number of para-hydroxylation sites is 1. The van der Waals surface area contributed by atoms with Gasteiger partial charge in [0.05, 0.1) is 19.6 Å². The highest BCUT2D eigenvalue weighted by atomic mass is 16.5. The van der Waals surface area contributed by atoms with Gasteiger partial charge in [0.15, 0.2) is 6.10 Å². The normalized spacial score (nSPS) is 11.3. The van der Waals surface area contributed by atoms with Crippen LogP contribution in [0.25, 0.3) is 0 Å². The third-order valence-corrected chi connectivity index (χ3v) is 3.43. The first kappa shape index (κ1) is 19.3. The lowest BCUT2D eigenvalue weighted by atomic mass is 10.3. The highest BCUT2D eigenvalue weighted by Gasteiger charge is 2.17. The number of esters is 1. The van der Waals surface area contributed by atoms with E-state index in [2.05, 4.69) is 5.32 Å². The Hall–Kier alpha value is -3.02. The predicted molar refractivity (Wildman–Crippen MR) is 98.3 cm³/mol. The first-order chi connectivity index (χ1) is 12.6. The highest BCUT2D eigenvalue weighted by molar-refractivity contribution is 5.95. The largest absolute Gasteiger partial charge is 0.494 e. The van der Waals surface area contributed by atoms with E-state index >= 15 is 0 Å². The molecule has 0 aliphatic rings. The topological polar surface area (TPSA) is 73.9 Å². The fourth-order valence-electron chi connectivity index (χ4n) is 2.13. The van der Waals surface area contributed by atoms with Gasteiger partial charge in [0.2, 0.25) is 0 Å². The molecule has 2 rings (SSSR count). The zero-order chi connectivity index (χ0) is 18.8. The standard InChI is InChI=1S/C20H23NO5/c1-3-24-17-9-11-18(12-10-17)25-14-13-19(22)26-15(2)20(23)21-16-7-5-4-6-8-16/h4-12,15H,3,13-14H2,1-2H3,(H,21,23). The van der Waals surface area contributed by atoms with Gasteiger partial charge in [-0.05, 0) is 50.2 Å². The van der Waals surface area contributed by atoms with Crippen LogP contribution in [0.15, 0.2) is 54.6 Å². The zero-order valence-electron chi connectivity index (χ0n) is 14.9. The molecule has 1 unspecified atom stereocenters. The number of hydrogen-bond donors (Lipinski definition) is 1. The molecule has 1 N–H and O–H groups in total. The van der Waals surface area contributed by atoms with Crippen LogP contribution in [0.5, 0.6) is 11.5 Å². The van der Waals surface area contributed by atoms with E-state index in [-0.39, 0.29) is 18.9 Å². The monoisotopic (exact) mass is 357 g/mol. The molecule has 0 aromatic heterocycles. The van der Waals surface area contributed by atoms with Crippen molar-refractivity contribution < 1.29 is 23.8 Å². The van der Waals surface area contributed by atoms with E-state index in [1.807, 2.05) is 25.1 Å². The summed E-state index contributed by atoms with van der Waals surface area (Å²) in [4.78, 5) is 23.8. The van der Waals surface area contributed by atoms with Gasteiger partial charge in [-0.1, -0.05) is 18.2 Å². The van der Waals surface area contributed by atoms with E-state index in [0.717, 1.165) is 5.75 Å². The highest BCUT2D eigenvalue weighted by Crippen LogP contribution is 2.17. The van der Waals surface area contributed by atoms with Gasteiger partial charge in [-0.2, -0.15) is 0 Å². The van der Waals surface area contributed by atoms with Crippen LogP contribution in [0.1, 0.15) is 20.3 Å². The molecule has 2 aromatic rings. The molecule has 0 saturated heterocycles. The number of rotatable bonds is 9. The Kier molecular flexibility index (Phi) is 7.49. The maximum absolute atomic E-state index is 12.0. The molecule has 1 atom stereocenters. The smallest absolute Gasteiger partial charge is 0.310 e. The second kappa shape index (κ2) is 10.1. The maximum atomic E-state index is 12.0. The molecule has 0 aliphatic heterocycles. The number of carbonyl (C=O) groups excluding carboxylic acids is 2. The fraction of sp³-hybridized carbons (Fsp3) is 0.300. The predicted octanol–water partition coefficient (Wildman–Crippen LogP) is 3.42. The minimum atomic E-state index is -0.881. The molecule has 6 heteroatoms. The summed E-state index contributed by atoms with van der Waals surface area (Å²) in [5.74, 6) is 0.525. The summed E-state index contributed by atoms with van der Waals surface area (Å²) in [5, 5.41) is 2.69. The summed E-state index contributed by atoms with van der Waals surface area (Å²) < 4.78 is 16.0. The van der Waals surface area contributed by atoms with Crippen LogP contribution in [0, 0.1) is 0 Å². The Morgan fingerprint density at radius 3 is 2.19 bits per heavy atom. The van der Waals surface area contributed by atoms with E-state index < -0.39 is 12.1 Å². The van der Waals surface area contributed by atoms with Gasteiger partial charge in [0, 0.05) is 5.69 Å². The van der Waals surface area contributed by atoms with E-state index in [9.17, 15) is 9.59 Å². The van der Waals surface area contributed by atoms with E-state index in [1.54, 1.807) is 36.4 Å². The second-order valence-electron chi connectivity index (χ2n) is 5.49. The van der Waals surface area contributed by atoms with Crippen LogP contribution in [-0.2, 0) is 14.3 Å². The van der Waals surface area contributed by atoms with Crippen LogP contribution in [0.2, 0.25) is 0 Å². The molecule has 138 valence electrons. The second-order valence-corrected chi connectivity index (χ2v) is 5.49. The molecule has 0 spiro atoms. The lowest BCUT2D eigenvalue weighted by Gasteiger charge is -2.14. The van der Waals surface area contributed by atoms with Crippen LogP contribution >= 0.6 is 0 Å². The quantitative estimate of drug-likeness (QED) is 0.696. The van der Waals surface area contributed by atoms with Gasteiger partial charge >= 0.3 is 5.97 Å². The SMILES string of the molecule is CCOc1ccc(OCCC(=O)OC(C)C(=O)Nc2ccccc2)cc1. The van der Waals surface area contributed by atoms with Crippen LogP contribution in [0.4, 0.5) is 5.69 Å². The first-order valence-corrected chi connectivity index (χ1v) is 8.49. The van der Waals surface area contributed by atoms with Crippen LogP contribution in [0.3, 0.4) is 0 Å². The van der Waals surface area contributed by atoms with Gasteiger partial charge in [0.25, 0.3) is 5.91 Å². The van der Waals surface area contributed by atoms with Crippen molar-refractivity contribution in [2.75, 3.05) is 18.5 Å². The molecular formula is C20H23NO5. The van der Waals surface area contributed by atoms with Crippen LogP contribution in [-0.4, -0.2) is 31.2 Å². The van der Waals surface area contributed by atoms with Gasteiger partial charge in [0.1, 0.15) is 11.5 Å². The molecule has 0 saturated carbocycles. The van der Waals surface area contributed by atoms with E-state index in [0.29, 0.717) is 18.0 Å². The third-order valence-electron chi connectivity index (χ3n) is 3.43. The molecule has 6 nitrogen and oxygen atoms in total. The average molecular weight is 357 g/mol. The molecule has 2 aromatic carbocycles. The number of ether oxygens (including phenoxy) is 3. The summed E-state index contributed by atoms with van der Waals surface area (Å²) in [6.07, 6.45) is -0.830. The van der Waals surface area contributed by atoms with Gasteiger partial charge in [-0.25, -0.2) is 0 Å². The van der Waals surface area contributed by atoms with Crippen molar-refractivity contribution in [2.45, 2.75) is 26.4 Å². The van der Waals surface area contributed by atoms with Crippen molar-refractivity contribution in [3.63, 3.8) is 0 Å². The summed E-state index contributed by atoms with van der Waals surface area (Å²) >= 11 is 0. The van der Waals surface area contributed by atoms with Gasteiger partial charge in [-0.3, -0.25) is 9.59 Å². The number of nitrogens with one attached hydrogen (secondary N) is 1. The number of amides is 1. The van der Waals surface area contributed by atoms with Gasteiger partial charge in [-0.15, -0.1) is 0 Å². The minimum Gasteiger partial charge on any atom is -0.494 e. The first-order valence-electron chi connectivity index (χ1n) is 8.49. The van der Waals surface area contributed by atoms with E-state index in [4.69, 9.17) is 14.2 Å². The summed E-state index contributed by atoms with van der Waals surface area (Å²) in [7, 11) is 0. The van der Waals surface area contributed by atoms with Crippen molar-refractivity contribution in [1.82, 2.24) is 0 Å². The summed E-state index contributed by atoms with van der Waals surface area (Å²) in [6.45, 7) is 4.21. The van der Waals surface area contributed by atoms with Gasteiger partial charge < -0.3 is 19.5 Å². The number of anilines is 1.